The molecule has 4 saturated carbocycles. The molecule has 0 aromatic heterocycles. The summed E-state index contributed by atoms with van der Waals surface area (Å²) in [5.41, 5.74) is -1.53. The van der Waals surface area contributed by atoms with Crippen molar-refractivity contribution in [2.75, 3.05) is 7.11 Å². The lowest BCUT2D eigenvalue weighted by atomic mass is 9.30. The van der Waals surface area contributed by atoms with Crippen molar-refractivity contribution < 1.29 is 19.1 Å². The van der Waals surface area contributed by atoms with E-state index < -0.39 is 27.6 Å². The Labute approximate surface area is 229 Å². The van der Waals surface area contributed by atoms with Crippen LogP contribution in [0.2, 0.25) is 0 Å². The van der Waals surface area contributed by atoms with Gasteiger partial charge in [-0.05, 0) is 90.4 Å². The maximum absolute atomic E-state index is 14.6. The van der Waals surface area contributed by atoms with Crippen LogP contribution in [0.3, 0.4) is 0 Å². The van der Waals surface area contributed by atoms with E-state index in [9.17, 15) is 19.6 Å². The predicted molar refractivity (Wildman–Crippen MR) is 146 cm³/mol. The number of hydrogen-bond donors (Lipinski definition) is 0. The maximum atomic E-state index is 14.6. The minimum Gasteiger partial charge on any atom is -0.469 e. The Morgan fingerprint density at radius 2 is 1.58 bits per heavy atom. The molecule has 5 aliphatic rings. The molecule has 5 aliphatic carbocycles. The quantitative estimate of drug-likeness (QED) is 0.352. The highest BCUT2D eigenvalue weighted by atomic mass is 16.5. The van der Waals surface area contributed by atoms with Crippen LogP contribution in [-0.4, -0.2) is 24.6 Å². The van der Waals surface area contributed by atoms with E-state index in [1.807, 2.05) is 19.9 Å². The Kier molecular flexibility index (Phi) is 5.68. The Bertz CT molecular complexity index is 1190. The van der Waals surface area contributed by atoms with Gasteiger partial charge in [0, 0.05) is 11.3 Å². The highest BCUT2D eigenvalue weighted by Crippen LogP contribution is 2.78. The van der Waals surface area contributed by atoms with Gasteiger partial charge in [0.05, 0.1) is 18.6 Å². The topological polar surface area (TPSA) is 84.2 Å². The van der Waals surface area contributed by atoms with E-state index in [4.69, 9.17) is 4.74 Å². The summed E-state index contributed by atoms with van der Waals surface area (Å²) in [6.45, 7) is 17.7. The number of carbonyl (C=O) groups is 3. The van der Waals surface area contributed by atoms with E-state index in [0.717, 1.165) is 50.5 Å². The molecule has 2 unspecified atom stereocenters. The first-order valence-corrected chi connectivity index (χ1v) is 14.7. The van der Waals surface area contributed by atoms with E-state index in [1.54, 1.807) is 0 Å². The van der Waals surface area contributed by atoms with Gasteiger partial charge >= 0.3 is 5.97 Å². The van der Waals surface area contributed by atoms with E-state index in [-0.39, 0.29) is 45.6 Å². The summed E-state index contributed by atoms with van der Waals surface area (Å²) >= 11 is 0. The molecule has 0 amide bonds. The Balaban J connectivity index is 1.71. The number of esters is 1. The number of nitrogens with zero attached hydrogens (tertiary/aromatic N) is 1. The minimum absolute atomic E-state index is 0.0348. The molecule has 0 bridgehead atoms. The van der Waals surface area contributed by atoms with Gasteiger partial charge in [0.1, 0.15) is 5.92 Å². The van der Waals surface area contributed by atoms with Crippen molar-refractivity contribution >= 4 is 17.5 Å². The predicted octanol–water partition coefficient (Wildman–Crippen LogP) is 6.85. The molecule has 0 aromatic rings. The van der Waals surface area contributed by atoms with E-state index in [1.165, 1.54) is 7.11 Å². The standard InChI is InChI=1S/C33H47NO4/c1-27(2)12-14-33(26(37)38-9)15-13-31(7)24(32(33,8)19-27)21(35)16-23-29(5)17-20(18-34)25(36)28(3,4)22(29)10-11-30(23,31)6/h16,20,22,24H,10-15,17,19H2,1-9H3/t20?,22?,24-,29-,30+,31+,32-,33+/m0/s1. The number of methoxy groups -OCH3 is 1. The Morgan fingerprint density at radius 1 is 0.947 bits per heavy atom. The summed E-state index contributed by atoms with van der Waals surface area (Å²) in [4.78, 5) is 41.5. The van der Waals surface area contributed by atoms with Crippen molar-refractivity contribution in [1.29, 1.82) is 5.26 Å². The van der Waals surface area contributed by atoms with Gasteiger partial charge in [0.25, 0.3) is 0 Å². The summed E-state index contributed by atoms with van der Waals surface area (Å²) in [6.07, 6.45) is 8.32. The van der Waals surface area contributed by atoms with Gasteiger partial charge in [-0.2, -0.15) is 5.26 Å². The van der Waals surface area contributed by atoms with Crippen molar-refractivity contribution in [2.24, 2.45) is 55.7 Å². The molecule has 0 heterocycles. The minimum atomic E-state index is -0.648. The van der Waals surface area contributed by atoms with E-state index in [2.05, 4.69) is 47.6 Å². The van der Waals surface area contributed by atoms with Crippen LogP contribution in [0.5, 0.6) is 0 Å². The maximum Gasteiger partial charge on any atom is 0.312 e. The molecule has 208 valence electrons. The monoisotopic (exact) mass is 521 g/mol. The van der Waals surface area contributed by atoms with Crippen LogP contribution in [0.1, 0.15) is 107 Å². The summed E-state index contributed by atoms with van der Waals surface area (Å²) in [6, 6.07) is 2.32. The van der Waals surface area contributed by atoms with Crippen LogP contribution in [0.15, 0.2) is 11.6 Å². The lowest BCUT2D eigenvalue weighted by molar-refractivity contribution is -0.219. The van der Waals surface area contributed by atoms with E-state index in [0.29, 0.717) is 6.42 Å². The molecule has 5 rings (SSSR count). The number of Topliss-reactive ketones (excluding diaryl/α,β-unsaturated/α-hetero) is 1. The number of carbonyl (C=O) groups excluding carboxylic acids is 3. The fourth-order valence-corrected chi connectivity index (χ4v) is 11.6. The molecular formula is C33H47NO4. The zero-order chi connectivity index (χ0) is 28.3. The van der Waals surface area contributed by atoms with Gasteiger partial charge in [-0.25, -0.2) is 0 Å². The van der Waals surface area contributed by atoms with Crippen LogP contribution in [-0.2, 0) is 19.1 Å². The number of fused-ring (bicyclic) bond motifs is 7. The molecule has 8 atom stereocenters. The Morgan fingerprint density at radius 3 is 2.18 bits per heavy atom. The van der Waals surface area contributed by atoms with Crippen LogP contribution >= 0.6 is 0 Å². The third kappa shape index (κ3) is 3.01. The van der Waals surface area contributed by atoms with Crippen LogP contribution in [0.4, 0.5) is 0 Å². The first kappa shape index (κ1) is 27.6. The van der Waals surface area contributed by atoms with Crippen LogP contribution in [0.25, 0.3) is 0 Å². The molecule has 0 saturated heterocycles. The van der Waals surface area contributed by atoms with Crippen molar-refractivity contribution in [3.63, 3.8) is 0 Å². The normalized spacial score (nSPS) is 48.8. The smallest absolute Gasteiger partial charge is 0.312 e. The summed E-state index contributed by atoms with van der Waals surface area (Å²) < 4.78 is 5.48. The van der Waals surface area contributed by atoms with Crippen molar-refractivity contribution in [3.05, 3.63) is 11.6 Å². The van der Waals surface area contributed by atoms with Gasteiger partial charge in [-0.3, -0.25) is 14.4 Å². The fraction of sp³-hybridized carbons (Fsp3) is 0.818. The van der Waals surface area contributed by atoms with Crippen molar-refractivity contribution in [2.45, 2.75) is 107 Å². The average Bonchev–Trinajstić information content (AvgIpc) is 2.81. The lowest BCUT2D eigenvalue weighted by Gasteiger charge is -2.72. The van der Waals surface area contributed by atoms with Gasteiger partial charge in [0.15, 0.2) is 11.6 Å². The van der Waals surface area contributed by atoms with Crippen LogP contribution < -0.4 is 0 Å². The lowest BCUT2D eigenvalue weighted by Crippen LogP contribution is -2.69. The van der Waals surface area contributed by atoms with Gasteiger partial charge < -0.3 is 4.74 Å². The zero-order valence-corrected chi connectivity index (χ0v) is 25.0. The number of rotatable bonds is 1. The van der Waals surface area contributed by atoms with Gasteiger partial charge in [-0.1, -0.05) is 61.0 Å². The third-order valence-corrected chi connectivity index (χ3v) is 13.4. The van der Waals surface area contributed by atoms with Gasteiger partial charge in [-0.15, -0.1) is 0 Å². The second-order valence-electron chi connectivity index (χ2n) is 16.0. The third-order valence-electron chi connectivity index (χ3n) is 13.4. The van der Waals surface area contributed by atoms with Crippen LogP contribution in [0, 0.1) is 67.0 Å². The number of allylic oxidation sites excluding steroid dienone is 2. The molecule has 4 fully saturated rings. The van der Waals surface area contributed by atoms with Crippen molar-refractivity contribution in [3.8, 4) is 6.07 Å². The largest absolute Gasteiger partial charge is 0.469 e. The average molecular weight is 522 g/mol. The molecule has 0 radical (unpaired) electrons. The Hall–Kier alpha value is -1.96. The van der Waals surface area contributed by atoms with E-state index >= 15 is 0 Å². The molecule has 0 aliphatic heterocycles. The second-order valence-corrected chi connectivity index (χ2v) is 16.0. The molecule has 0 spiro atoms. The number of nitriles is 1. The first-order chi connectivity index (χ1) is 17.4. The van der Waals surface area contributed by atoms with Gasteiger partial charge in [0.2, 0.25) is 0 Å². The molecule has 38 heavy (non-hydrogen) atoms. The summed E-state index contributed by atoms with van der Waals surface area (Å²) in [5.74, 6) is -0.785. The second kappa shape index (κ2) is 7.82. The highest BCUT2D eigenvalue weighted by molar-refractivity contribution is 5.97. The zero-order valence-electron chi connectivity index (χ0n) is 25.0. The molecular weight excluding hydrogens is 474 g/mol. The molecule has 5 heteroatoms. The highest BCUT2D eigenvalue weighted by Gasteiger charge is 2.75. The number of hydrogen-bond acceptors (Lipinski definition) is 5. The number of ether oxygens (including phenoxy) is 1. The molecule has 0 N–H and O–H groups in total. The summed E-state index contributed by atoms with van der Waals surface area (Å²) in [7, 11) is 1.49. The SMILES string of the molecule is COC(=O)[C@]12CCC(C)(C)C[C@@]1(C)[C@H]1C(=O)C=C3[C@@]4(C)CC(C#N)C(=O)C(C)(C)C4CC[C@@]3(C)[C@]1(C)CC2. The summed E-state index contributed by atoms with van der Waals surface area (Å²) in [5, 5.41) is 9.96. The molecule has 0 aromatic carbocycles. The molecule has 5 nitrogen and oxygen atoms in total. The first-order valence-electron chi connectivity index (χ1n) is 14.7. The fourth-order valence-electron chi connectivity index (χ4n) is 11.6. The van der Waals surface area contributed by atoms with Crippen molar-refractivity contribution in [1.82, 2.24) is 0 Å². The number of ketones is 2.